The van der Waals surface area contributed by atoms with Gasteiger partial charge in [-0.2, -0.15) is 0 Å². The van der Waals surface area contributed by atoms with Crippen LogP contribution >= 0.6 is 11.3 Å². The minimum Gasteiger partial charge on any atom is -0.491 e. The molecule has 1 atom stereocenters. The minimum atomic E-state index is 0.0145. The maximum absolute atomic E-state index is 5.79. The van der Waals surface area contributed by atoms with Crippen molar-refractivity contribution in [3.63, 3.8) is 0 Å². The van der Waals surface area contributed by atoms with Crippen molar-refractivity contribution in [3.8, 4) is 5.75 Å². The molecule has 2 rings (SSSR count). The number of rotatable bonds is 6. The Labute approximate surface area is 124 Å². The first-order chi connectivity index (χ1) is 9.65. The zero-order chi connectivity index (χ0) is 14.5. The lowest BCUT2D eigenvalue weighted by molar-refractivity contribution is 0.242. The Morgan fingerprint density at radius 2 is 2.10 bits per heavy atom. The summed E-state index contributed by atoms with van der Waals surface area (Å²) in [7, 11) is 0. The van der Waals surface area contributed by atoms with Crippen LogP contribution < -0.4 is 16.0 Å². The second-order valence-corrected chi connectivity index (χ2v) is 5.95. The van der Waals surface area contributed by atoms with Crippen molar-refractivity contribution in [3.05, 3.63) is 51.7 Å². The van der Waals surface area contributed by atoms with Gasteiger partial charge < -0.3 is 4.74 Å². The van der Waals surface area contributed by atoms with Gasteiger partial charge in [-0.15, -0.1) is 11.3 Å². The third kappa shape index (κ3) is 3.39. The first kappa shape index (κ1) is 15.0. The van der Waals surface area contributed by atoms with Gasteiger partial charge in [0.1, 0.15) is 5.75 Å². The van der Waals surface area contributed by atoms with Gasteiger partial charge in [0.25, 0.3) is 0 Å². The predicted octanol–water partition coefficient (Wildman–Crippen LogP) is 3.65. The molecule has 0 spiro atoms. The molecule has 2 aromatic rings. The summed E-state index contributed by atoms with van der Waals surface area (Å²) in [6, 6.07) is 10.3. The Balaban J connectivity index is 2.32. The normalized spacial score (nSPS) is 12.7. The highest BCUT2D eigenvalue weighted by Crippen LogP contribution is 2.31. The second kappa shape index (κ2) is 6.88. The fourth-order valence-electron chi connectivity index (χ4n) is 2.26. The number of hydrogen-bond donors (Lipinski definition) is 2. The third-order valence-corrected chi connectivity index (χ3v) is 4.18. The fourth-order valence-corrected chi connectivity index (χ4v) is 3.34. The maximum Gasteiger partial charge on any atom is 0.120 e. The predicted molar refractivity (Wildman–Crippen MR) is 85.1 cm³/mol. The molecule has 3 nitrogen and oxygen atoms in total. The lowest BCUT2D eigenvalue weighted by Crippen LogP contribution is -2.28. The molecule has 3 N–H and O–H groups in total. The van der Waals surface area contributed by atoms with E-state index < -0.39 is 0 Å². The van der Waals surface area contributed by atoms with Crippen LogP contribution in [0.4, 0.5) is 0 Å². The molecule has 1 heterocycles. The van der Waals surface area contributed by atoms with Crippen LogP contribution in [-0.4, -0.2) is 6.10 Å². The van der Waals surface area contributed by atoms with Crippen LogP contribution in [0.1, 0.15) is 42.8 Å². The topological polar surface area (TPSA) is 47.3 Å². The standard InChI is InChI=1S/C16H22N2OS/c1-4-12-8-9-20-16(12)15(18-17)13-6-5-7-14(10-13)19-11(2)3/h5-11,15,18H,4,17H2,1-3H3. The molecule has 1 unspecified atom stereocenters. The summed E-state index contributed by atoms with van der Waals surface area (Å²) in [6.45, 7) is 6.22. The first-order valence-corrected chi connectivity index (χ1v) is 7.82. The van der Waals surface area contributed by atoms with E-state index in [0.717, 1.165) is 17.7 Å². The van der Waals surface area contributed by atoms with Gasteiger partial charge in [0.15, 0.2) is 0 Å². The van der Waals surface area contributed by atoms with Gasteiger partial charge in [-0.1, -0.05) is 19.1 Å². The molecule has 0 saturated carbocycles. The van der Waals surface area contributed by atoms with Gasteiger partial charge in [-0.25, -0.2) is 5.43 Å². The van der Waals surface area contributed by atoms with Gasteiger partial charge >= 0.3 is 0 Å². The van der Waals surface area contributed by atoms with E-state index in [1.54, 1.807) is 11.3 Å². The number of ether oxygens (including phenoxy) is 1. The summed E-state index contributed by atoms with van der Waals surface area (Å²) >= 11 is 1.74. The average molecular weight is 290 g/mol. The maximum atomic E-state index is 5.79. The van der Waals surface area contributed by atoms with Crippen LogP contribution in [0.25, 0.3) is 0 Å². The molecule has 0 fully saturated rings. The highest BCUT2D eigenvalue weighted by Gasteiger charge is 2.17. The van der Waals surface area contributed by atoms with Crippen molar-refractivity contribution >= 4 is 11.3 Å². The number of aryl methyl sites for hydroxylation is 1. The van der Waals surface area contributed by atoms with Crippen LogP contribution in [0.3, 0.4) is 0 Å². The van der Waals surface area contributed by atoms with E-state index in [1.165, 1.54) is 10.4 Å². The van der Waals surface area contributed by atoms with Crippen LogP contribution in [0, 0.1) is 0 Å². The van der Waals surface area contributed by atoms with E-state index in [1.807, 2.05) is 26.0 Å². The van der Waals surface area contributed by atoms with Crippen molar-refractivity contribution in [1.29, 1.82) is 0 Å². The van der Waals surface area contributed by atoms with Crippen LogP contribution in [0.15, 0.2) is 35.7 Å². The number of hydrazine groups is 1. The van der Waals surface area contributed by atoms with E-state index in [4.69, 9.17) is 10.6 Å². The zero-order valence-corrected chi connectivity index (χ0v) is 13.0. The first-order valence-electron chi connectivity index (χ1n) is 6.94. The summed E-state index contributed by atoms with van der Waals surface area (Å²) in [5.74, 6) is 6.67. The Bertz CT molecular complexity index is 551. The van der Waals surface area contributed by atoms with E-state index in [2.05, 4.69) is 35.9 Å². The molecule has 1 aromatic heterocycles. The van der Waals surface area contributed by atoms with Gasteiger partial charge in [-0.3, -0.25) is 5.84 Å². The molecule has 0 radical (unpaired) electrons. The SMILES string of the molecule is CCc1ccsc1C(NN)c1cccc(OC(C)C)c1. The van der Waals surface area contributed by atoms with Crippen molar-refractivity contribution in [1.82, 2.24) is 5.43 Å². The summed E-state index contributed by atoms with van der Waals surface area (Å²) in [4.78, 5) is 1.27. The molecule has 0 aliphatic carbocycles. The molecule has 0 bridgehead atoms. The van der Waals surface area contributed by atoms with Crippen molar-refractivity contribution < 1.29 is 4.74 Å². The summed E-state index contributed by atoms with van der Waals surface area (Å²) in [5, 5.41) is 2.12. The average Bonchev–Trinajstić information content (AvgIpc) is 2.87. The lowest BCUT2D eigenvalue weighted by atomic mass is 10.0. The van der Waals surface area contributed by atoms with Gasteiger partial charge in [0.05, 0.1) is 12.1 Å². The van der Waals surface area contributed by atoms with Crippen molar-refractivity contribution in [2.24, 2.45) is 5.84 Å². The molecule has 0 saturated heterocycles. The number of benzene rings is 1. The monoisotopic (exact) mass is 290 g/mol. The van der Waals surface area contributed by atoms with E-state index >= 15 is 0 Å². The second-order valence-electron chi connectivity index (χ2n) is 5.00. The lowest BCUT2D eigenvalue weighted by Gasteiger charge is -2.18. The number of thiophene rings is 1. The molecule has 20 heavy (non-hydrogen) atoms. The van der Waals surface area contributed by atoms with E-state index in [9.17, 15) is 0 Å². The molecular formula is C16H22N2OS. The molecular weight excluding hydrogens is 268 g/mol. The Kier molecular flexibility index (Phi) is 5.17. The largest absolute Gasteiger partial charge is 0.491 e. The Morgan fingerprint density at radius 3 is 2.75 bits per heavy atom. The highest BCUT2D eigenvalue weighted by atomic mass is 32.1. The van der Waals surface area contributed by atoms with Crippen molar-refractivity contribution in [2.45, 2.75) is 39.3 Å². The molecule has 0 aliphatic heterocycles. The summed E-state index contributed by atoms with van der Waals surface area (Å²) in [6.07, 6.45) is 1.18. The number of hydrogen-bond acceptors (Lipinski definition) is 4. The molecule has 0 amide bonds. The minimum absolute atomic E-state index is 0.0145. The smallest absolute Gasteiger partial charge is 0.120 e. The third-order valence-electron chi connectivity index (χ3n) is 3.15. The van der Waals surface area contributed by atoms with E-state index in [-0.39, 0.29) is 12.1 Å². The number of nitrogens with two attached hydrogens (primary N) is 1. The summed E-state index contributed by atoms with van der Waals surface area (Å²) < 4.78 is 5.76. The fraction of sp³-hybridized carbons (Fsp3) is 0.375. The zero-order valence-electron chi connectivity index (χ0n) is 12.2. The molecule has 0 aliphatic rings. The Morgan fingerprint density at radius 1 is 1.30 bits per heavy atom. The van der Waals surface area contributed by atoms with Crippen LogP contribution in [0.5, 0.6) is 5.75 Å². The van der Waals surface area contributed by atoms with Crippen LogP contribution in [0.2, 0.25) is 0 Å². The van der Waals surface area contributed by atoms with Crippen LogP contribution in [-0.2, 0) is 6.42 Å². The van der Waals surface area contributed by atoms with Crippen molar-refractivity contribution in [2.75, 3.05) is 0 Å². The summed E-state index contributed by atoms with van der Waals surface area (Å²) in [5.41, 5.74) is 5.40. The van der Waals surface area contributed by atoms with Gasteiger partial charge in [-0.05, 0) is 55.0 Å². The van der Waals surface area contributed by atoms with E-state index in [0.29, 0.717) is 0 Å². The molecule has 1 aromatic carbocycles. The Hall–Kier alpha value is -1.36. The highest BCUT2D eigenvalue weighted by molar-refractivity contribution is 7.10. The van der Waals surface area contributed by atoms with Gasteiger partial charge in [0, 0.05) is 4.88 Å². The quantitative estimate of drug-likeness (QED) is 0.630. The molecule has 4 heteroatoms. The van der Waals surface area contributed by atoms with Gasteiger partial charge in [0.2, 0.25) is 0 Å². The molecule has 108 valence electrons. The number of nitrogens with one attached hydrogen (secondary N) is 1.